The third-order valence-corrected chi connectivity index (χ3v) is 3.40. The van der Waals surface area contributed by atoms with Crippen molar-refractivity contribution in [3.63, 3.8) is 0 Å². The molecule has 6 nitrogen and oxygen atoms in total. The van der Waals surface area contributed by atoms with Gasteiger partial charge in [-0.15, -0.1) is 0 Å². The number of ether oxygens (including phenoxy) is 2. The van der Waals surface area contributed by atoms with Crippen LogP contribution in [-0.4, -0.2) is 74.2 Å². The highest BCUT2D eigenvalue weighted by atomic mass is 16.5. The van der Waals surface area contributed by atoms with Crippen molar-refractivity contribution in [2.45, 2.75) is 26.4 Å². The topological polar surface area (TPSA) is 59.1 Å². The Hall–Kier alpha value is -1.40. The fourth-order valence-corrected chi connectivity index (χ4v) is 2.31. The summed E-state index contributed by atoms with van der Waals surface area (Å²) in [6, 6.07) is 0. The SMILES string of the molecule is C=C(C)CN(CC)C(=O)CN1CCOC(CC(=O)OC)C1. The number of carbonyl (C=O) groups is 2. The first-order valence-corrected chi connectivity index (χ1v) is 7.29. The van der Waals surface area contributed by atoms with Crippen molar-refractivity contribution < 1.29 is 19.1 Å². The lowest BCUT2D eigenvalue weighted by Gasteiger charge is -2.33. The van der Waals surface area contributed by atoms with Crippen LogP contribution in [0.3, 0.4) is 0 Å². The molecule has 0 spiro atoms. The number of rotatable bonds is 7. The molecule has 6 heteroatoms. The largest absolute Gasteiger partial charge is 0.469 e. The van der Waals surface area contributed by atoms with Crippen molar-refractivity contribution in [2.75, 3.05) is 46.4 Å². The Labute approximate surface area is 126 Å². The summed E-state index contributed by atoms with van der Waals surface area (Å²) in [7, 11) is 1.36. The molecular formula is C15H26N2O4. The predicted molar refractivity (Wildman–Crippen MR) is 79.9 cm³/mol. The Morgan fingerprint density at radius 1 is 1.48 bits per heavy atom. The number of carbonyl (C=O) groups excluding carboxylic acids is 2. The Kier molecular flexibility index (Phi) is 7.39. The molecule has 21 heavy (non-hydrogen) atoms. The average molecular weight is 298 g/mol. The fourth-order valence-electron chi connectivity index (χ4n) is 2.31. The molecule has 1 heterocycles. The lowest BCUT2D eigenvalue weighted by Crippen LogP contribution is -2.48. The summed E-state index contributed by atoms with van der Waals surface area (Å²) in [5.74, 6) is -0.204. The second kappa shape index (κ2) is 8.79. The second-order valence-corrected chi connectivity index (χ2v) is 5.37. The summed E-state index contributed by atoms with van der Waals surface area (Å²) >= 11 is 0. The number of morpholine rings is 1. The van der Waals surface area contributed by atoms with E-state index in [9.17, 15) is 9.59 Å². The van der Waals surface area contributed by atoms with Gasteiger partial charge in [-0.05, 0) is 13.8 Å². The minimum absolute atomic E-state index is 0.0826. The highest BCUT2D eigenvalue weighted by Gasteiger charge is 2.25. The van der Waals surface area contributed by atoms with Gasteiger partial charge in [0.05, 0.1) is 32.8 Å². The van der Waals surface area contributed by atoms with Gasteiger partial charge in [0.15, 0.2) is 0 Å². The molecule has 1 atom stereocenters. The summed E-state index contributed by atoms with van der Waals surface area (Å²) in [5.41, 5.74) is 0.968. The molecular weight excluding hydrogens is 272 g/mol. The van der Waals surface area contributed by atoms with Gasteiger partial charge in [-0.2, -0.15) is 0 Å². The highest BCUT2D eigenvalue weighted by Crippen LogP contribution is 2.10. The van der Waals surface area contributed by atoms with Gasteiger partial charge >= 0.3 is 5.97 Å². The minimum Gasteiger partial charge on any atom is -0.469 e. The molecule has 0 aromatic rings. The van der Waals surface area contributed by atoms with Crippen molar-refractivity contribution in [1.82, 2.24) is 9.80 Å². The van der Waals surface area contributed by atoms with Crippen LogP contribution in [0.25, 0.3) is 0 Å². The van der Waals surface area contributed by atoms with Crippen LogP contribution in [0.1, 0.15) is 20.3 Å². The number of methoxy groups -OCH3 is 1. The van der Waals surface area contributed by atoms with E-state index >= 15 is 0 Å². The maximum absolute atomic E-state index is 12.3. The summed E-state index contributed by atoms with van der Waals surface area (Å²) in [5, 5.41) is 0. The van der Waals surface area contributed by atoms with Crippen molar-refractivity contribution >= 4 is 11.9 Å². The van der Waals surface area contributed by atoms with Gasteiger partial charge in [-0.1, -0.05) is 12.2 Å². The third-order valence-electron chi connectivity index (χ3n) is 3.40. The molecule has 1 saturated heterocycles. The van der Waals surface area contributed by atoms with Crippen LogP contribution >= 0.6 is 0 Å². The van der Waals surface area contributed by atoms with E-state index in [1.165, 1.54) is 7.11 Å². The average Bonchev–Trinajstić information content (AvgIpc) is 2.44. The maximum Gasteiger partial charge on any atom is 0.308 e. The highest BCUT2D eigenvalue weighted by molar-refractivity contribution is 5.78. The normalized spacial score (nSPS) is 19.1. The van der Waals surface area contributed by atoms with E-state index in [4.69, 9.17) is 4.74 Å². The molecule has 1 rings (SSSR count). The number of hydrogen-bond donors (Lipinski definition) is 0. The van der Waals surface area contributed by atoms with Crippen molar-refractivity contribution in [2.24, 2.45) is 0 Å². The van der Waals surface area contributed by atoms with Crippen molar-refractivity contribution in [1.29, 1.82) is 0 Å². The Morgan fingerprint density at radius 3 is 2.76 bits per heavy atom. The Bertz CT molecular complexity index is 384. The molecule has 1 unspecified atom stereocenters. The van der Waals surface area contributed by atoms with Gasteiger partial charge in [0.1, 0.15) is 0 Å². The lowest BCUT2D eigenvalue weighted by atomic mass is 10.2. The van der Waals surface area contributed by atoms with Gasteiger partial charge in [0.25, 0.3) is 0 Å². The smallest absolute Gasteiger partial charge is 0.308 e. The zero-order valence-electron chi connectivity index (χ0n) is 13.3. The molecule has 1 fully saturated rings. The van der Waals surface area contributed by atoms with Crippen LogP contribution in [0.4, 0.5) is 0 Å². The molecule has 0 aromatic heterocycles. The van der Waals surface area contributed by atoms with Crippen LogP contribution < -0.4 is 0 Å². The van der Waals surface area contributed by atoms with E-state index in [-0.39, 0.29) is 24.4 Å². The third kappa shape index (κ3) is 6.27. The lowest BCUT2D eigenvalue weighted by molar-refractivity contribution is -0.146. The minimum atomic E-state index is -0.286. The van der Waals surface area contributed by atoms with Crippen LogP contribution in [0.2, 0.25) is 0 Å². The Morgan fingerprint density at radius 2 is 2.19 bits per heavy atom. The maximum atomic E-state index is 12.3. The zero-order valence-corrected chi connectivity index (χ0v) is 13.3. The molecule has 1 amide bonds. The Balaban J connectivity index is 2.47. The van der Waals surface area contributed by atoms with Crippen LogP contribution in [-0.2, 0) is 19.1 Å². The quantitative estimate of drug-likeness (QED) is 0.511. The van der Waals surface area contributed by atoms with E-state index in [1.807, 2.05) is 18.7 Å². The van der Waals surface area contributed by atoms with Crippen molar-refractivity contribution in [3.8, 4) is 0 Å². The van der Waals surface area contributed by atoms with Gasteiger partial charge in [-0.25, -0.2) is 0 Å². The van der Waals surface area contributed by atoms with E-state index in [0.717, 1.165) is 5.57 Å². The fraction of sp³-hybridized carbons (Fsp3) is 0.733. The monoisotopic (exact) mass is 298 g/mol. The molecule has 0 bridgehead atoms. The standard InChI is InChI=1S/C15H26N2O4/c1-5-17(9-12(2)3)14(18)11-16-6-7-21-13(10-16)8-15(19)20-4/h13H,2,5-11H2,1,3-4H3. The van der Waals surface area contributed by atoms with Crippen molar-refractivity contribution in [3.05, 3.63) is 12.2 Å². The molecule has 120 valence electrons. The zero-order chi connectivity index (χ0) is 15.8. The number of amides is 1. The molecule has 0 aliphatic carbocycles. The summed E-state index contributed by atoms with van der Waals surface area (Å²) in [6.45, 7) is 11.1. The summed E-state index contributed by atoms with van der Waals surface area (Å²) in [4.78, 5) is 27.4. The van der Waals surface area contributed by atoms with Gasteiger partial charge in [0.2, 0.25) is 5.91 Å². The first kappa shape index (κ1) is 17.7. The number of nitrogens with zero attached hydrogens (tertiary/aromatic N) is 2. The number of hydrogen-bond acceptors (Lipinski definition) is 5. The predicted octanol–water partition coefficient (Wildman–Crippen LogP) is 0.675. The molecule has 1 aliphatic rings. The van der Waals surface area contributed by atoms with Crippen LogP contribution in [0.5, 0.6) is 0 Å². The number of esters is 1. The number of likely N-dealkylation sites (N-methyl/N-ethyl adjacent to an activating group) is 1. The van der Waals surface area contributed by atoms with Gasteiger partial charge in [-0.3, -0.25) is 14.5 Å². The molecule has 0 radical (unpaired) electrons. The molecule has 0 N–H and O–H groups in total. The summed E-state index contributed by atoms with van der Waals surface area (Å²) in [6.07, 6.45) is 0.0278. The van der Waals surface area contributed by atoms with Crippen LogP contribution in [0.15, 0.2) is 12.2 Å². The first-order valence-electron chi connectivity index (χ1n) is 7.29. The van der Waals surface area contributed by atoms with Gasteiger partial charge in [0, 0.05) is 26.2 Å². The van der Waals surface area contributed by atoms with E-state index in [2.05, 4.69) is 11.3 Å². The molecule has 0 aromatic carbocycles. The van der Waals surface area contributed by atoms with Gasteiger partial charge < -0.3 is 14.4 Å². The second-order valence-electron chi connectivity index (χ2n) is 5.37. The van der Waals surface area contributed by atoms with E-state index in [0.29, 0.717) is 39.3 Å². The molecule has 1 aliphatic heterocycles. The van der Waals surface area contributed by atoms with E-state index in [1.54, 1.807) is 4.90 Å². The molecule has 0 saturated carbocycles. The first-order chi connectivity index (χ1) is 9.96. The van der Waals surface area contributed by atoms with E-state index < -0.39 is 0 Å². The summed E-state index contributed by atoms with van der Waals surface area (Å²) < 4.78 is 10.2. The van der Waals surface area contributed by atoms with Crippen LogP contribution in [0, 0.1) is 0 Å².